The number of carbonyl (C=O) groups is 2. The summed E-state index contributed by atoms with van der Waals surface area (Å²) in [4.78, 5) is 26.0. The lowest BCUT2D eigenvalue weighted by atomic mass is 9.93. The van der Waals surface area contributed by atoms with E-state index in [0.717, 1.165) is 16.9 Å². The largest absolute Gasteiger partial charge is 0.481 e. The fraction of sp³-hybridized carbons (Fsp3) is 0.421. The van der Waals surface area contributed by atoms with E-state index in [9.17, 15) is 14.7 Å². The summed E-state index contributed by atoms with van der Waals surface area (Å²) in [5, 5.41) is 13.7. The predicted molar refractivity (Wildman–Crippen MR) is 93.9 cm³/mol. The van der Waals surface area contributed by atoms with Crippen molar-refractivity contribution in [3.8, 4) is 5.69 Å². The first-order chi connectivity index (χ1) is 11.9. The normalized spacial score (nSPS) is 20.5. The van der Waals surface area contributed by atoms with E-state index in [4.69, 9.17) is 0 Å². The Balaban J connectivity index is 1.91. The summed E-state index contributed by atoms with van der Waals surface area (Å²) in [6.45, 7) is 6.10. The van der Waals surface area contributed by atoms with Crippen molar-refractivity contribution in [2.75, 3.05) is 6.54 Å². The fourth-order valence-electron chi connectivity index (χ4n) is 3.41. The third-order valence-corrected chi connectivity index (χ3v) is 5.08. The Bertz CT molecular complexity index is 812. The van der Waals surface area contributed by atoms with Crippen LogP contribution in [0.1, 0.15) is 41.4 Å². The number of carbonyl (C=O) groups excluding carboxylic acids is 1. The molecule has 1 amide bonds. The minimum absolute atomic E-state index is 0.0318. The summed E-state index contributed by atoms with van der Waals surface area (Å²) < 4.78 is 1.77. The van der Waals surface area contributed by atoms with E-state index in [1.165, 1.54) is 0 Å². The van der Waals surface area contributed by atoms with Crippen molar-refractivity contribution in [2.45, 2.75) is 39.7 Å². The van der Waals surface area contributed by atoms with Crippen molar-refractivity contribution in [3.05, 3.63) is 47.3 Å². The third kappa shape index (κ3) is 3.16. The summed E-state index contributed by atoms with van der Waals surface area (Å²) in [5.74, 6) is -1.47. The number of para-hydroxylation sites is 1. The molecular weight excluding hydrogens is 318 g/mol. The van der Waals surface area contributed by atoms with Crippen LogP contribution in [0.15, 0.2) is 30.5 Å². The van der Waals surface area contributed by atoms with Gasteiger partial charge in [0, 0.05) is 12.6 Å². The maximum Gasteiger partial charge on any atom is 0.308 e. The first kappa shape index (κ1) is 17.2. The fourth-order valence-corrected chi connectivity index (χ4v) is 3.41. The molecule has 2 atom stereocenters. The molecule has 0 spiro atoms. The van der Waals surface area contributed by atoms with E-state index in [1.807, 2.05) is 45.0 Å². The van der Waals surface area contributed by atoms with Gasteiger partial charge in [-0.2, -0.15) is 5.10 Å². The Labute approximate surface area is 147 Å². The number of carboxylic acid groups (broad SMARTS) is 1. The molecule has 2 heterocycles. The van der Waals surface area contributed by atoms with Crippen molar-refractivity contribution in [1.82, 2.24) is 14.7 Å². The molecule has 1 saturated heterocycles. The molecule has 2 aromatic rings. The predicted octanol–water partition coefficient (Wildman–Crippen LogP) is 2.81. The number of piperidine rings is 1. The Morgan fingerprint density at radius 3 is 2.60 bits per heavy atom. The number of carboxylic acids is 1. The zero-order valence-electron chi connectivity index (χ0n) is 14.8. The SMILES string of the molecule is Cc1ccccc1-n1ncc(C(=O)N2CC(C(=O)O)CCC2C)c1C. The number of aromatic nitrogens is 2. The molecular formula is C19H23N3O3. The van der Waals surface area contributed by atoms with Gasteiger partial charge in [-0.1, -0.05) is 18.2 Å². The van der Waals surface area contributed by atoms with Gasteiger partial charge in [-0.15, -0.1) is 0 Å². The van der Waals surface area contributed by atoms with E-state index in [1.54, 1.807) is 15.8 Å². The van der Waals surface area contributed by atoms with Gasteiger partial charge in [0.15, 0.2) is 0 Å². The van der Waals surface area contributed by atoms with Gasteiger partial charge >= 0.3 is 5.97 Å². The Hall–Kier alpha value is -2.63. The van der Waals surface area contributed by atoms with Crippen LogP contribution < -0.4 is 0 Å². The first-order valence-corrected chi connectivity index (χ1v) is 8.54. The number of hydrogen-bond acceptors (Lipinski definition) is 3. The topological polar surface area (TPSA) is 75.4 Å². The summed E-state index contributed by atoms with van der Waals surface area (Å²) in [5.41, 5.74) is 3.31. The molecule has 132 valence electrons. The lowest BCUT2D eigenvalue weighted by molar-refractivity contribution is -0.143. The summed E-state index contributed by atoms with van der Waals surface area (Å²) in [7, 11) is 0. The number of rotatable bonds is 3. The number of amides is 1. The average Bonchev–Trinajstić information content (AvgIpc) is 2.96. The van der Waals surface area contributed by atoms with Gasteiger partial charge in [0.25, 0.3) is 5.91 Å². The van der Waals surface area contributed by atoms with Crippen LogP contribution in [-0.4, -0.2) is 44.3 Å². The number of nitrogens with zero attached hydrogens (tertiary/aromatic N) is 3. The lowest BCUT2D eigenvalue weighted by Crippen LogP contribution is -2.47. The van der Waals surface area contributed by atoms with Gasteiger partial charge in [0.05, 0.1) is 29.1 Å². The van der Waals surface area contributed by atoms with Crippen LogP contribution in [0.25, 0.3) is 5.69 Å². The zero-order valence-corrected chi connectivity index (χ0v) is 14.8. The molecule has 1 aliphatic heterocycles. The first-order valence-electron chi connectivity index (χ1n) is 8.54. The molecule has 3 rings (SSSR count). The highest BCUT2D eigenvalue weighted by Crippen LogP contribution is 2.25. The molecule has 1 aromatic heterocycles. The third-order valence-electron chi connectivity index (χ3n) is 5.08. The van der Waals surface area contributed by atoms with Gasteiger partial charge in [-0.25, -0.2) is 4.68 Å². The quantitative estimate of drug-likeness (QED) is 0.931. The molecule has 1 fully saturated rings. The molecule has 1 aliphatic rings. The highest BCUT2D eigenvalue weighted by atomic mass is 16.4. The molecule has 0 bridgehead atoms. The number of benzene rings is 1. The second kappa shape index (κ2) is 6.70. The van der Waals surface area contributed by atoms with Crippen LogP contribution in [0.2, 0.25) is 0 Å². The molecule has 25 heavy (non-hydrogen) atoms. The highest BCUT2D eigenvalue weighted by molar-refractivity contribution is 5.95. The second-order valence-corrected chi connectivity index (χ2v) is 6.76. The molecule has 0 saturated carbocycles. The van der Waals surface area contributed by atoms with Gasteiger partial charge < -0.3 is 10.0 Å². The standard InChI is InChI=1S/C19H23N3O3/c1-12-6-4-5-7-17(12)22-14(3)16(10-20-22)18(23)21-11-15(19(24)25)9-8-13(21)2/h4-7,10,13,15H,8-9,11H2,1-3H3,(H,24,25). The van der Waals surface area contributed by atoms with E-state index in [2.05, 4.69) is 5.10 Å². The van der Waals surface area contributed by atoms with Gasteiger partial charge in [-0.05, 0) is 45.2 Å². The zero-order chi connectivity index (χ0) is 18.1. The van der Waals surface area contributed by atoms with Crippen molar-refractivity contribution < 1.29 is 14.7 Å². The van der Waals surface area contributed by atoms with Gasteiger partial charge in [0.1, 0.15) is 0 Å². The molecule has 0 aliphatic carbocycles. The smallest absolute Gasteiger partial charge is 0.308 e. The van der Waals surface area contributed by atoms with Gasteiger partial charge in [0.2, 0.25) is 0 Å². The maximum atomic E-state index is 13.0. The molecule has 0 radical (unpaired) electrons. The van der Waals surface area contributed by atoms with Gasteiger partial charge in [-0.3, -0.25) is 9.59 Å². The van der Waals surface area contributed by atoms with Crippen LogP contribution in [0.3, 0.4) is 0 Å². The van der Waals surface area contributed by atoms with Crippen LogP contribution in [0.4, 0.5) is 0 Å². The van der Waals surface area contributed by atoms with E-state index >= 15 is 0 Å². The summed E-state index contributed by atoms with van der Waals surface area (Å²) >= 11 is 0. The van der Waals surface area contributed by atoms with Crippen LogP contribution in [0, 0.1) is 19.8 Å². The minimum Gasteiger partial charge on any atom is -0.481 e. The minimum atomic E-state index is -0.836. The highest BCUT2D eigenvalue weighted by Gasteiger charge is 2.34. The summed E-state index contributed by atoms with van der Waals surface area (Å²) in [6, 6.07) is 7.90. The Morgan fingerprint density at radius 1 is 1.20 bits per heavy atom. The maximum absolute atomic E-state index is 13.0. The van der Waals surface area contributed by atoms with Crippen molar-refractivity contribution in [3.63, 3.8) is 0 Å². The number of hydrogen-bond donors (Lipinski definition) is 1. The molecule has 2 unspecified atom stereocenters. The van der Waals surface area contributed by atoms with E-state index in [0.29, 0.717) is 18.4 Å². The van der Waals surface area contributed by atoms with Crippen LogP contribution >= 0.6 is 0 Å². The molecule has 1 aromatic carbocycles. The Morgan fingerprint density at radius 2 is 1.92 bits per heavy atom. The van der Waals surface area contributed by atoms with E-state index in [-0.39, 0.29) is 18.5 Å². The monoisotopic (exact) mass is 341 g/mol. The number of aryl methyl sites for hydroxylation is 1. The number of aliphatic carboxylic acids is 1. The number of likely N-dealkylation sites (tertiary alicyclic amines) is 1. The molecule has 6 heteroatoms. The lowest BCUT2D eigenvalue weighted by Gasteiger charge is -2.36. The van der Waals surface area contributed by atoms with Crippen LogP contribution in [-0.2, 0) is 4.79 Å². The molecule has 6 nitrogen and oxygen atoms in total. The average molecular weight is 341 g/mol. The van der Waals surface area contributed by atoms with Crippen LogP contribution in [0.5, 0.6) is 0 Å². The molecule has 1 N–H and O–H groups in total. The summed E-state index contributed by atoms with van der Waals surface area (Å²) in [6.07, 6.45) is 2.90. The van der Waals surface area contributed by atoms with Crippen molar-refractivity contribution >= 4 is 11.9 Å². The van der Waals surface area contributed by atoms with Crippen molar-refractivity contribution in [1.29, 1.82) is 0 Å². The Kier molecular flexibility index (Phi) is 4.61. The van der Waals surface area contributed by atoms with E-state index < -0.39 is 11.9 Å². The second-order valence-electron chi connectivity index (χ2n) is 6.76. The van der Waals surface area contributed by atoms with Crippen molar-refractivity contribution in [2.24, 2.45) is 5.92 Å².